The number of hydrogen-bond acceptors (Lipinski definition) is 5. The largest absolute Gasteiger partial charge is 0.362 e. The van der Waals surface area contributed by atoms with Crippen LogP contribution >= 0.6 is 11.8 Å². The van der Waals surface area contributed by atoms with Gasteiger partial charge in [0.2, 0.25) is 0 Å². The molecule has 7 heteroatoms. The van der Waals surface area contributed by atoms with Gasteiger partial charge in [0.25, 0.3) is 0 Å². The molecule has 0 fully saturated rings. The average molecular weight is 504 g/mol. The number of rotatable bonds is 7. The van der Waals surface area contributed by atoms with Crippen LogP contribution in [0.25, 0.3) is 10.8 Å². The summed E-state index contributed by atoms with van der Waals surface area (Å²) in [7, 11) is -4.05. The Balaban J connectivity index is 1.61. The third kappa shape index (κ3) is 4.48. The Morgan fingerprint density at radius 1 is 0.943 bits per heavy atom. The first kappa shape index (κ1) is 23.6. The van der Waals surface area contributed by atoms with Crippen molar-refractivity contribution < 1.29 is 12.7 Å². The second-order valence-corrected chi connectivity index (χ2v) is 11.2. The Morgan fingerprint density at radius 2 is 1.66 bits per heavy atom. The van der Waals surface area contributed by atoms with Crippen LogP contribution in [0.1, 0.15) is 12.5 Å². The number of hydroxylamine groups is 2. The molecule has 0 aliphatic carbocycles. The Kier molecular flexibility index (Phi) is 6.42. The fourth-order valence-electron chi connectivity index (χ4n) is 4.40. The van der Waals surface area contributed by atoms with Crippen LogP contribution in [0.3, 0.4) is 0 Å². The molecule has 0 aromatic heterocycles. The van der Waals surface area contributed by atoms with Crippen molar-refractivity contribution in [3.05, 3.63) is 109 Å². The summed E-state index contributed by atoms with van der Waals surface area (Å²) in [4.78, 5) is 1.16. The highest BCUT2D eigenvalue weighted by Crippen LogP contribution is 2.53. The highest BCUT2D eigenvalue weighted by Gasteiger charge is 2.52. The van der Waals surface area contributed by atoms with E-state index in [2.05, 4.69) is 17.4 Å². The molecule has 2 unspecified atom stereocenters. The topological polar surface area (TPSA) is 55.4 Å². The van der Waals surface area contributed by atoms with Gasteiger partial charge in [0.15, 0.2) is 11.1 Å². The number of hydrogen-bond donors (Lipinski definition) is 1. The van der Waals surface area contributed by atoms with Crippen LogP contribution in [-0.4, -0.2) is 20.3 Å². The lowest BCUT2D eigenvalue weighted by Crippen LogP contribution is -2.53. The van der Waals surface area contributed by atoms with E-state index in [-0.39, 0.29) is 14.9 Å². The van der Waals surface area contributed by atoms with E-state index >= 15 is 0 Å². The van der Waals surface area contributed by atoms with Crippen molar-refractivity contribution in [3.8, 4) is 0 Å². The zero-order valence-electron chi connectivity index (χ0n) is 19.6. The lowest BCUT2D eigenvalue weighted by atomic mass is 10.1. The normalized spacial score (nSPS) is 19.8. The molecule has 5 nitrogen and oxygen atoms in total. The van der Waals surface area contributed by atoms with E-state index in [1.165, 1.54) is 0 Å². The molecule has 0 radical (unpaired) electrons. The average Bonchev–Trinajstić information content (AvgIpc) is 3.18. The summed E-state index contributed by atoms with van der Waals surface area (Å²) in [5.41, 5.74) is 2.82. The number of likely N-dealkylation sites (N-methyl/N-ethyl adjacent to an activating group) is 1. The fourth-order valence-corrected chi connectivity index (χ4v) is 7.04. The van der Waals surface area contributed by atoms with Crippen LogP contribution in [0.15, 0.2) is 113 Å². The standard InChI is InChI=1S/C28H27N2O3S2/c1-3-30(33-35(31,32)24-16-13-21(2)14-17-24)27(19-20-29-23-10-5-4-6-11-23)34-26-18-15-22-9-7-8-12-25(22)28(26)30/h4-20,27,29H,3H2,1-2H3/q+1. The fraction of sp³-hybridized carbons (Fsp3) is 0.143. The zero-order valence-corrected chi connectivity index (χ0v) is 21.2. The molecule has 1 N–H and O–H groups in total. The maximum absolute atomic E-state index is 13.6. The number of nitrogens with one attached hydrogen (secondary N) is 1. The number of anilines is 1. The summed E-state index contributed by atoms with van der Waals surface area (Å²) < 4.78 is 33.2. The Hall–Kier alpha value is -3.10. The van der Waals surface area contributed by atoms with E-state index in [1.54, 1.807) is 36.0 Å². The molecule has 2 atom stereocenters. The lowest BCUT2D eigenvalue weighted by Gasteiger charge is -2.33. The first-order valence-corrected chi connectivity index (χ1v) is 13.8. The number of thioether (sulfide) groups is 1. The molecule has 0 saturated carbocycles. The molecule has 0 bridgehead atoms. The molecule has 0 spiro atoms. The van der Waals surface area contributed by atoms with E-state index < -0.39 is 10.1 Å². The van der Waals surface area contributed by atoms with Crippen LogP contribution in [0.2, 0.25) is 0 Å². The van der Waals surface area contributed by atoms with Gasteiger partial charge in [-0.2, -0.15) is 8.42 Å². The van der Waals surface area contributed by atoms with E-state index in [0.717, 1.165) is 32.6 Å². The van der Waals surface area contributed by atoms with Gasteiger partial charge < -0.3 is 5.32 Å². The molecule has 35 heavy (non-hydrogen) atoms. The highest BCUT2D eigenvalue weighted by molar-refractivity contribution is 8.00. The Labute approximate surface area is 210 Å². The predicted molar refractivity (Wildman–Crippen MR) is 145 cm³/mol. The third-order valence-corrected chi connectivity index (χ3v) is 8.83. The third-order valence-electron chi connectivity index (χ3n) is 6.20. The van der Waals surface area contributed by atoms with Crippen molar-refractivity contribution in [3.63, 3.8) is 0 Å². The molecule has 4 aromatic rings. The number of quaternary nitrogens is 1. The molecule has 1 heterocycles. The van der Waals surface area contributed by atoms with Crippen molar-refractivity contribution in [2.45, 2.75) is 29.0 Å². The molecular weight excluding hydrogens is 476 g/mol. The van der Waals surface area contributed by atoms with Crippen LogP contribution in [0, 0.1) is 6.92 Å². The van der Waals surface area contributed by atoms with Crippen LogP contribution in [0.4, 0.5) is 11.4 Å². The van der Waals surface area contributed by atoms with Crippen LogP contribution in [0.5, 0.6) is 0 Å². The minimum Gasteiger partial charge on any atom is -0.362 e. The quantitative estimate of drug-likeness (QED) is 0.279. The molecule has 0 amide bonds. The van der Waals surface area contributed by atoms with Gasteiger partial charge in [-0.05, 0) is 67.4 Å². The van der Waals surface area contributed by atoms with Crippen molar-refractivity contribution in [1.82, 2.24) is 4.65 Å². The van der Waals surface area contributed by atoms with Gasteiger partial charge in [0.05, 0.1) is 9.79 Å². The Bertz CT molecular complexity index is 1490. The molecule has 0 saturated heterocycles. The van der Waals surface area contributed by atoms with Crippen molar-refractivity contribution in [1.29, 1.82) is 0 Å². The highest BCUT2D eigenvalue weighted by atomic mass is 32.2. The smallest absolute Gasteiger partial charge is 0.343 e. The second kappa shape index (κ2) is 9.51. The summed E-state index contributed by atoms with van der Waals surface area (Å²) in [6, 6.07) is 28.8. The summed E-state index contributed by atoms with van der Waals surface area (Å²) in [5.74, 6) is 0. The predicted octanol–water partition coefficient (Wildman–Crippen LogP) is 6.85. The summed E-state index contributed by atoms with van der Waals surface area (Å²) in [6.45, 7) is 4.32. The summed E-state index contributed by atoms with van der Waals surface area (Å²) >= 11 is 1.61. The summed E-state index contributed by atoms with van der Waals surface area (Å²) in [6.07, 6.45) is 3.85. The van der Waals surface area contributed by atoms with Gasteiger partial charge >= 0.3 is 10.1 Å². The van der Waals surface area contributed by atoms with Gasteiger partial charge in [0.1, 0.15) is 6.54 Å². The first-order valence-electron chi connectivity index (χ1n) is 11.5. The SMILES string of the molecule is CC[N+]1(OS(=O)(=O)c2ccc(C)cc2)c2c(ccc3ccccc23)SC1C=CNc1ccccc1. The number of aryl methyl sites for hydroxylation is 1. The second-order valence-electron chi connectivity index (χ2n) is 8.46. The first-order chi connectivity index (χ1) is 16.9. The van der Waals surface area contributed by atoms with Gasteiger partial charge in [-0.15, -0.1) is 4.65 Å². The molecular formula is C28H27N2O3S2+. The van der Waals surface area contributed by atoms with Gasteiger partial charge in [-0.3, -0.25) is 0 Å². The Morgan fingerprint density at radius 3 is 2.40 bits per heavy atom. The molecule has 1 aliphatic heterocycles. The number of para-hydroxylation sites is 1. The molecule has 1 aliphatic rings. The van der Waals surface area contributed by atoms with E-state index in [1.807, 2.05) is 80.7 Å². The van der Waals surface area contributed by atoms with Gasteiger partial charge in [0, 0.05) is 23.3 Å². The van der Waals surface area contributed by atoms with E-state index in [0.29, 0.717) is 6.54 Å². The summed E-state index contributed by atoms with van der Waals surface area (Å²) in [5, 5.41) is 5.02. The molecule has 5 rings (SSSR count). The zero-order chi connectivity index (χ0) is 24.5. The number of nitrogens with zero attached hydrogens (tertiary/aromatic N) is 1. The maximum atomic E-state index is 13.6. The molecule has 4 aromatic carbocycles. The maximum Gasteiger partial charge on any atom is 0.343 e. The molecule has 178 valence electrons. The number of fused-ring (bicyclic) bond motifs is 3. The van der Waals surface area contributed by atoms with Gasteiger partial charge in [-0.25, -0.2) is 0 Å². The van der Waals surface area contributed by atoms with Crippen molar-refractivity contribution in [2.75, 3.05) is 11.9 Å². The van der Waals surface area contributed by atoms with Crippen molar-refractivity contribution >= 4 is 44.0 Å². The minimum absolute atomic E-state index is 0.151. The van der Waals surface area contributed by atoms with Gasteiger partial charge in [-0.1, -0.05) is 64.4 Å². The van der Waals surface area contributed by atoms with E-state index in [4.69, 9.17) is 4.28 Å². The van der Waals surface area contributed by atoms with Crippen LogP contribution in [-0.2, 0) is 14.4 Å². The van der Waals surface area contributed by atoms with Crippen molar-refractivity contribution in [2.24, 2.45) is 0 Å². The minimum atomic E-state index is -4.05. The monoisotopic (exact) mass is 503 g/mol. The number of benzene rings is 4. The van der Waals surface area contributed by atoms with Crippen LogP contribution < -0.4 is 9.96 Å². The lowest BCUT2D eigenvalue weighted by molar-refractivity contribution is -0.0331. The van der Waals surface area contributed by atoms with E-state index in [9.17, 15) is 8.42 Å².